The Balaban J connectivity index is 2.66. The molecule has 0 aliphatic heterocycles. The molecule has 0 aromatic heterocycles. The van der Waals surface area contributed by atoms with Crippen LogP contribution < -0.4 is 4.74 Å². The van der Waals surface area contributed by atoms with E-state index in [-0.39, 0.29) is 0 Å². The highest BCUT2D eigenvalue weighted by molar-refractivity contribution is 6.02. The number of aliphatic imine (C=N–C) groups is 1. The van der Waals surface area contributed by atoms with Crippen molar-refractivity contribution >= 4 is 20.4 Å². The summed E-state index contributed by atoms with van der Waals surface area (Å²) < 4.78 is 9.98. The molecule has 0 amide bonds. The van der Waals surface area contributed by atoms with E-state index in [9.17, 15) is 4.79 Å². The third-order valence-electron chi connectivity index (χ3n) is 2.35. The first-order valence-corrected chi connectivity index (χ1v) is 5.77. The predicted molar refractivity (Wildman–Crippen MR) is 75.4 cm³/mol. The van der Waals surface area contributed by atoms with E-state index in [0.717, 1.165) is 17.7 Å². The van der Waals surface area contributed by atoms with Gasteiger partial charge in [-0.3, -0.25) is 0 Å². The molecule has 0 aliphatic rings. The Morgan fingerprint density at radius 3 is 2.68 bits per heavy atom. The fourth-order valence-electron chi connectivity index (χ4n) is 1.44. The first-order chi connectivity index (χ1) is 9.17. The van der Waals surface area contributed by atoms with Gasteiger partial charge in [-0.05, 0) is 17.7 Å². The first-order valence-electron chi connectivity index (χ1n) is 5.77. The van der Waals surface area contributed by atoms with Crippen molar-refractivity contribution < 1.29 is 19.3 Å². The first kappa shape index (κ1) is 14.8. The Labute approximate surface area is 113 Å². The maximum Gasteiger partial charge on any atom is 0.328 e. The number of hydrogen-bond donors (Lipinski definition) is 1. The van der Waals surface area contributed by atoms with Gasteiger partial charge < -0.3 is 14.5 Å². The lowest BCUT2D eigenvalue weighted by molar-refractivity contribution is -0.138. The lowest BCUT2D eigenvalue weighted by Crippen LogP contribution is -2.21. The monoisotopic (exact) mass is 261 g/mol. The van der Waals surface area contributed by atoms with Gasteiger partial charge in [-0.25, -0.2) is 9.79 Å². The molecule has 1 rings (SSSR count). The zero-order valence-electron chi connectivity index (χ0n) is 10.8. The Kier molecular flexibility index (Phi) is 6.22. The quantitative estimate of drug-likeness (QED) is 0.326. The number of carboxylic acids is 1. The molecule has 0 heterocycles. The summed E-state index contributed by atoms with van der Waals surface area (Å²) in [5.74, 6) is -0.267. The third-order valence-corrected chi connectivity index (χ3v) is 2.35. The van der Waals surface area contributed by atoms with Crippen LogP contribution in [0.25, 0.3) is 0 Å². The average molecular weight is 261 g/mol. The minimum atomic E-state index is -0.986. The van der Waals surface area contributed by atoms with Crippen molar-refractivity contribution in [3.63, 3.8) is 0 Å². The van der Waals surface area contributed by atoms with Gasteiger partial charge in [-0.2, -0.15) is 0 Å². The minimum Gasteiger partial charge on any atom is -0.560 e. The Bertz CT molecular complexity index is 444. The lowest BCUT2D eigenvalue weighted by Gasteiger charge is -2.08. The smallest absolute Gasteiger partial charge is 0.328 e. The van der Waals surface area contributed by atoms with Crippen LogP contribution in [0.15, 0.2) is 41.9 Å². The zero-order valence-corrected chi connectivity index (χ0v) is 10.8. The lowest BCUT2D eigenvalue weighted by atomic mass is 10.1. The number of benzene rings is 1. The molecule has 0 saturated carbocycles. The molecule has 0 aliphatic carbocycles. The summed E-state index contributed by atoms with van der Waals surface area (Å²) in [6.07, 6.45) is 3.10. The van der Waals surface area contributed by atoms with Crippen molar-refractivity contribution in [3.05, 3.63) is 42.5 Å². The van der Waals surface area contributed by atoms with E-state index >= 15 is 0 Å². The standard InChI is InChI=1S/C13H16BNO4/c1-2-7-18-11-5-3-10(4-6-11)8-12(13(16)17)15-9-19-14/h2-6,9,12H,1,7-8,14H2,(H,16,17)/t12-/m0/s1. The Hall–Kier alpha value is -2.24. The molecule has 1 aromatic carbocycles. The van der Waals surface area contributed by atoms with Gasteiger partial charge in [0, 0.05) is 6.42 Å². The van der Waals surface area contributed by atoms with Crippen LogP contribution in [0.2, 0.25) is 0 Å². The highest BCUT2D eigenvalue weighted by atomic mass is 16.5. The van der Waals surface area contributed by atoms with E-state index in [0.29, 0.717) is 13.0 Å². The highest BCUT2D eigenvalue weighted by Gasteiger charge is 2.16. The van der Waals surface area contributed by atoms with Crippen LogP contribution in [0.5, 0.6) is 5.75 Å². The second kappa shape index (κ2) is 7.97. The molecule has 1 aromatic rings. The molecule has 0 fully saturated rings. The molecule has 0 radical (unpaired) electrons. The Morgan fingerprint density at radius 2 is 2.16 bits per heavy atom. The van der Waals surface area contributed by atoms with Gasteiger partial charge in [0.2, 0.25) is 0 Å². The van der Waals surface area contributed by atoms with Gasteiger partial charge in [0.15, 0.2) is 12.4 Å². The number of nitrogens with zero attached hydrogens (tertiary/aromatic N) is 1. The van der Waals surface area contributed by atoms with E-state index in [1.54, 1.807) is 18.2 Å². The summed E-state index contributed by atoms with van der Waals surface area (Å²) in [6.45, 7) is 4.00. The fourth-order valence-corrected chi connectivity index (χ4v) is 1.44. The van der Waals surface area contributed by atoms with Gasteiger partial charge in [-0.1, -0.05) is 24.8 Å². The van der Waals surface area contributed by atoms with Crippen molar-refractivity contribution in [2.75, 3.05) is 6.61 Å². The summed E-state index contributed by atoms with van der Waals surface area (Å²) in [7, 11) is 1.42. The summed E-state index contributed by atoms with van der Waals surface area (Å²) in [5.41, 5.74) is 0.867. The maximum absolute atomic E-state index is 11.0. The van der Waals surface area contributed by atoms with Crippen molar-refractivity contribution in [3.8, 4) is 5.75 Å². The molecule has 1 N–H and O–H groups in total. The van der Waals surface area contributed by atoms with Gasteiger partial charge in [0.1, 0.15) is 12.4 Å². The summed E-state index contributed by atoms with van der Waals surface area (Å²) in [4.78, 5) is 14.8. The number of hydrogen-bond acceptors (Lipinski definition) is 4. The molecule has 5 nitrogen and oxygen atoms in total. The van der Waals surface area contributed by atoms with E-state index in [1.807, 2.05) is 12.1 Å². The van der Waals surface area contributed by atoms with Gasteiger partial charge >= 0.3 is 14.0 Å². The molecule has 0 saturated heterocycles. The number of ether oxygens (including phenoxy) is 1. The van der Waals surface area contributed by atoms with Crippen molar-refractivity contribution in [2.24, 2.45) is 4.99 Å². The summed E-state index contributed by atoms with van der Waals surface area (Å²) in [6, 6.07) is 6.36. The molecule has 100 valence electrons. The van der Waals surface area contributed by atoms with Crippen LogP contribution in [-0.4, -0.2) is 38.2 Å². The largest absolute Gasteiger partial charge is 0.560 e. The van der Waals surface area contributed by atoms with E-state index in [4.69, 9.17) is 9.84 Å². The number of aliphatic carboxylic acids is 1. The van der Waals surface area contributed by atoms with E-state index in [2.05, 4.69) is 16.2 Å². The Morgan fingerprint density at radius 1 is 1.47 bits per heavy atom. The summed E-state index contributed by atoms with van der Waals surface area (Å²) >= 11 is 0. The second-order valence-electron chi connectivity index (χ2n) is 3.79. The van der Waals surface area contributed by atoms with Gasteiger partial charge in [-0.15, -0.1) is 0 Å². The molecule has 0 unspecified atom stereocenters. The zero-order chi connectivity index (χ0) is 14.1. The van der Waals surface area contributed by atoms with Crippen LogP contribution in [0, 0.1) is 0 Å². The molecule has 0 bridgehead atoms. The minimum absolute atomic E-state index is 0.303. The van der Waals surface area contributed by atoms with Crippen LogP contribution >= 0.6 is 0 Å². The number of carboxylic acid groups (broad SMARTS) is 1. The molecule has 19 heavy (non-hydrogen) atoms. The van der Waals surface area contributed by atoms with Crippen LogP contribution in [0.3, 0.4) is 0 Å². The number of carbonyl (C=O) groups is 1. The SMILES string of the molecule is BOC=N[C@@H](Cc1ccc(OCC=C)cc1)C(=O)O. The van der Waals surface area contributed by atoms with Crippen molar-refractivity contribution in [2.45, 2.75) is 12.5 Å². The molecule has 6 heteroatoms. The van der Waals surface area contributed by atoms with Crippen LogP contribution in [0.4, 0.5) is 0 Å². The van der Waals surface area contributed by atoms with E-state index < -0.39 is 12.0 Å². The van der Waals surface area contributed by atoms with E-state index in [1.165, 1.54) is 8.05 Å². The van der Waals surface area contributed by atoms with Gasteiger partial charge in [0.25, 0.3) is 0 Å². The normalized spacial score (nSPS) is 12.0. The van der Waals surface area contributed by atoms with Gasteiger partial charge in [0.05, 0.1) is 0 Å². The molecule has 0 spiro atoms. The predicted octanol–water partition coefficient (Wildman–Crippen LogP) is 0.840. The fraction of sp³-hybridized carbons (Fsp3) is 0.231. The third kappa shape index (κ3) is 5.29. The molecular weight excluding hydrogens is 245 g/mol. The number of rotatable bonds is 8. The second-order valence-corrected chi connectivity index (χ2v) is 3.79. The molecule has 1 atom stereocenters. The van der Waals surface area contributed by atoms with Crippen LogP contribution in [-0.2, 0) is 15.9 Å². The average Bonchev–Trinajstić information content (AvgIpc) is 2.42. The van der Waals surface area contributed by atoms with Crippen molar-refractivity contribution in [1.29, 1.82) is 0 Å². The highest BCUT2D eigenvalue weighted by Crippen LogP contribution is 2.14. The maximum atomic E-state index is 11.0. The summed E-state index contributed by atoms with van der Waals surface area (Å²) in [5, 5.41) is 9.03. The topological polar surface area (TPSA) is 68.1 Å². The molecular formula is C13H16BNO4. The van der Waals surface area contributed by atoms with Crippen LogP contribution in [0.1, 0.15) is 5.56 Å². The van der Waals surface area contributed by atoms with Crippen molar-refractivity contribution in [1.82, 2.24) is 0 Å².